The molecule has 2 aromatic carbocycles. The second kappa shape index (κ2) is 8.21. The minimum atomic E-state index is 0.721. The fourth-order valence-corrected chi connectivity index (χ4v) is 3.67. The highest BCUT2D eigenvalue weighted by atomic mass is 35.5. The number of hydrogen-bond donors (Lipinski definition) is 0. The Morgan fingerprint density at radius 1 is 0.926 bits per heavy atom. The predicted octanol–water partition coefficient (Wildman–Crippen LogP) is 3.72. The largest absolute Gasteiger partial charge is 0.383 e. The highest BCUT2D eigenvalue weighted by Crippen LogP contribution is 2.32. The van der Waals surface area contributed by atoms with E-state index in [1.165, 1.54) is 0 Å². The Hall–Kier alpha value is -2.21. The molecule has 0 unspecified atom stereocenters. The smallest absolute Gasteiger partial charge is 0.159 e. The molecule has 1 fully saturated rings. The van der Waals surface area contributed by atoms with Gasteiger partial charge in [-0.1, -0.05) is 48.0 Å². The van der Waals surface area contributed by atoms with Crippen molar-refractivity contribution in [2.75, 3.05) is 51.3 Å². The number of fused-ring (bicyclic) bond motifs is 1. The number of benzene rings is 2. The van der Waals surface area contributed by atoms with Gasteiger partial charge in [-0.2, -0.15) is 0 Å². The molecule has 0 saturated carbocycles. The number of rotatable bonds is 5. The maximum absolute atomic E-state index is 6.03. The summed E-state index contributed by atoms with van der Waals surface area (Å²) in [5.41, 5.74) is 1.92. The van der Waals surface area contributed by atoms with Crippen molar-refractivity contribution in [2.45, 2.75) is 0 Å². The Morgan fingerprint density at radius 3 is 2.33 bits per heavy atom. The lowest BCUT2D eigenvalue weighted by Gasteiger charge is -2.35. The molecule has 3 aromatic rings. The lowest BCUT2D eigenvalue weighted by Crippen LogP contribution is -2.47. The number of hydrogen-bond acceptors (Lipinski definition) is 5. The summed E-state index contributed by atoms with van der Waals surface area (Å²) in [4.78, 5) is 4.77. The average molecular weight is 383 g/mol. The first-order chi connectivity index (χ1) is 13.3. The van der Waals surface area contributed by atoms with Crippen LogP contribution in [-0.4, -0.2) is 61.5 Å². The zero-order chi connectivity index (χ0) is 18.6. The molecule has 2 heterocycles. The molecule has 1 aliphatic rings. The first-order valence-electron chi connectivity index (χ1n) is 9.24. The summed E-state index contributed by atoms with van der Waals surface area (Å²) in [5.74, 6) is 0.967. The van der Waals surface area contributed by atoms with Gasteiger partial charge in [0.15, 0.2) is 5.82 Å². The van der Waals surface area contributed by atoms with Gasteiger partial charge in [0.05, 0.1) is 6.61 Å². The molecular formula is C21H23ClN4O. The number of halogens is 1. The quantitative estimate of drug-likeness (QED) is 0.672. The fourth-order valence-electron chi connectivity index (χ4n) is 3.55. The Kier molecular flexibility index (Phi) is 5.53. The lowest BCUT2D eigenvalue weighted by molar-refractivity contribution is 0.144. The first kappa shape index (κ1) is 18.2. The highest BCUT2D eigenvalue weighted by Gasteiger charge is 2.21. The minimum Gasteiger partial charge on any atom is -0.383 e. The van der Waals surface area contributed by atoms with Crippen LogP contribution in [0, 0.1) is 0 Å². The lowest BCUT2D eigenvalue weighted by atomic mass is 10.0. The molecule has 140 valence electrons. The maximum atomic E-state index is 6.03. The number of nitrogens with zero attached hydrogens (tertiary/aromatic N) is 4. The van der Waals surface area contributed by atoms with Crippen molar-refractivity contribution in [3.05, 3.63) is 53.6 Å². The minimum absolute atomic E-state index is 0.721. The van der Waals surface area contributed by atoms with E-state index < -0.39 is 0 Å². The van der Waals surface area contributed by atoms with E-state index in [2.05, 4.69) is 44.3 Å². The molecule has 27 heavy (non-hydrogen) atoms. The van der Waals surface area contributed by atoms with Crippen LogP contribution >= 0.6 is 11.6 Å². The third kappa shape index (κ3) is 3.90. The van der Waals surface area contributed by atoms with Crippen molar-refractivity contribution in [2.24, 2.45) is 0 Å². The standard InChI is InChI=1S/C21H23ClN4O/c1-27-15-14-25-10-12-26(13-11-25)21-19-5-3-2-4-18(19)20(23-24-21)16-6-8-17(22)9-7-16/h2-9H,10-15H2,1H3. The van der Waals surface area contributed by atoms with Crippen molar-refractivity contribution < 1.29 is 4.74 Å². The summed E-state index contributed by atoms with van der Waals surface area (Å²) in [6.07, 6.45) is 0. The van der Waals surface area contributed by atoms with E-state index in [-0.39, 0.29) is 0 Å². The number of aromatic nitrogens is 2. The second-order valence-electron chi connectivity index (χ2n) is 6.75. The molecule has 4 rings (SSSR count). The third-order valence-corrected chi connectivity index (χ3v) is 5.32. The molecule has 1 aliphatic heterocycles. The van der Waals surface area contributed by atoms with E-state index in [0.717, 1.165) is 72.2 Å². The normalized spacial score (nSPS) is 15.4. The zero-order valence-corrected chi connectivity index (χ0v) is 16.2. The van der Waals surface area contributed by atoms with Gasteiger partial charge in [-0.05, 0) is 12.1 Å². The molecule has 0 aliphatic carbocycles. The van der Waals surface area contributed by atoms with Gasteiger partial charge in [-0.3, -0.25) is 4.90 Å². The van der Waals surface area contributed by atoms with Gasteiger partial charge in [0, 0.05) is 61.2 Å². The van der Waals surface area contributed by atoms with Crippen molar-refractivity contribution in [3.63, 3.8) is 0 Å². The number of methoxy groups -OCH3 is 1. The number of piperazine rings is 1. The molecule has 0 radical (unpaired) electrons. The van der Waals surface area contributed by atoms with E-state index in [4.69, 9.17) is 16.3 Å². The molecule has 1 saturated heterocycles. The molecule has 5 nitrogen and oxygen atoms in total. The van der Waals surface area contributed by atoms with Crippen molar-refractivity contribution in [1.29, 1.82) is 0 Å². The fraction of sp³-hybridized carbons (Fsp3) is 0.333. The highest BCUT2D eigenvalue weighted by molar-refractivity contribution is 6.30. The van der Waals surface area contributed by atoms with Crippen LogP contribution in [0.3, 0.4) is 0 Å². The molecular weight excluding hydrogens is 360 g/mol. The van der Waals surface area contributed by atoms with Crippen molar-refractivity contribution >= 4 is 28.2 Å². The van der Waals surface area contributed by atoms with E-state index in [0.29, 0.717) is 0 Å². The first-order valence-corrected chi connectivity index (χ1v) is 9.61. The topological polar surface area (TPSA) is 41.5 Å². The van der Waals surface area contributed by atoms with E-state index in [1.807, 2.05) is 24.3 Å². The second-order valence-corrected chi connectivity index (χ2v) is 7.18. The zero-order valence-electron chi connectivity index (χ0n) is 15.4. The van der Waals surface area contributed by atoms with Crippen LogP contribution in [0.2, 0.25) is 5.02 Å². The number of ether oxygens (including phenoxy) is 1. The van der Waals surface area contributed by atoms with Crippen LogP contribution in [0.15, 0.2) is 48.5 Å². The summed E-state index contributed by atoms with van der Waals surface area (Å²) in [5, 5.41) is 12.2. The number of anilines is 1. The van der Waals surface area contributed by atoms with Gasteiger partial charge in [0.2, 0.25) is 0 Å². The SMILES string of the molecule is COCCN1CCN(c2nnc(-c3ccc(Cl)cc3)c3ccccc23)CC1. The maximum Gasteiger partial charge on any atom is 0.159 e. The molecule has 0 N–H and O–H groups in total. The van der Waals surface area contributed by atoms with Crippen LogP contribution < -0.4 is 4.90 Å². The predicted molar refractivity (Wildman–Crippen MR) is 111 cm³/mol. The van der Waals surface area contributed by atoms with Crippen LogP contribution in [0.4, 0.5) is 5.82 Å². The van der Waals surface area contributed by atoms with Gasteiger partial charge < -0.3 is 9.64 Å². The van der Waals surface area contributed by atoms with Crippen molar-refractivity contribution in [3.8, 4) is 11.3 Å². The third-order valence-electron chi connectivity index (χ3n) is 5.07. The summed E-state index contributed by atoms with van der Waals surface area (Å²) in [7, 11) is 1.75. The molecule has 0 atom stereocenters. The molecule has 1 aromatic heterocycles. The Labute approximate surface area is 164 Å². The molecule has 0 spiro atoms. The average Bonchev–Trinajstić information content (AvgIpc) is 2.73. The Bertz CT molecular complexity index is 908. The Balaban J connectivity index is 1.64. The van der Waals surface area contributed by atoms with Crippen molar-refractivity contribution in [1.82, 2.24) is 15.1 Å². The van der Waals surface area contributed by atoms with Gasteiger partial charge in [-0.15, -0.1) is 10.2 Å². The summed E-state index contributed by atoms with van der Waals surface area (Å²) >= 11 is 6.03. The summed E-state index contributed by atoms with van der Waals surface area (Å²) in [6, 6.07) is 16.1. The molecule has 6 heteroatoms. The van der Waals surface area contributed by atoms with Crippen LogP contribution in [0.25, 0.3) is 22.0 Å². The van der Waals surface area contributed by atoms with Crippen LogP contribution in [-0.2, 0) is 4.74 Å². The molecule has 0 amide bonds. The molecule has 0 bridgehead atoms. The van der Waals surface area contributed by atoms with E-state index in [9.17, 15) is 0 Å². The summed E-state index contributed by atoms with van der Waals surface area (Å²) in [6.45, 7) is 5.67. The van der Waals surface area contributed by atoms with Gasteiger partial charge in [-0.25, -0.2) is 0 Å². The Morgan fingerprint density at radius 2 is 1.63 bits per heavy atom. The monoisotopic (exact) mass is 382 g/mol. The summed E-state index contributed by atoms with van der Waals surface area (Å²) < 4.78 is 5.19. The van der Waals surface area contributed by atoms with E-state index >= 15 is 0 Å². The van der Waals surface area contributed by atoms with Crippen LogP contribution in [0.5, 0.6) is 0 Å². The van der Waals surface area contributed by atoms with E-state index in [1.54, 1.807) is 7.11 Å². The van der Waals surface area contributed by atoms with Gasteiger partial charge >= 0.3 is 0 Å². The van der Waals surface area contributed by atoms with Gasteiger partial charge in [0.25, 0.3) is 0 Å². The van der Waals surface area contributed by atoms with Crippen LogP contribution in [0.1, 0.15) is 0 Å². The van der Waals surface area contributed by atoms with Gasteiger partial charge in [0.1, 0.15) is 5.69 Å².